The van der Waals surface area contributed by atoms with Gasteiger partial charge in [0.15, 0.2) is 0 Å². The van der Waals surface area contributed by atoms with Gasteiger partial charge in [0.25, 0.3) is 0 Å². The third-order valence-electron chi connectivity index (χ3n) is 2.83. The molecule has 5 N–H and O–H groups in total. The van der Waals surface area contributed by atoms with Gasteiger partial charge < -0.3 is 16.6 Å². The molecule has 0 aliphatic heterocycles. The number of aliphatic hydroxyl groups excluding tert-OH is 1. The maximum absolute atomic E-state index is 9.09. The van der Waals surface area contributed by atoms with Crippen LogP contribution in [0.3, 0.4) is 0 Å². The van der Waals surface area contributed by atoms with E-state index in [2.05, 4.69) is 20.8 Å². The van der Waals surface area contributed by atoms with Crippen molar-refractivity contribution in [1.29, 1.82) is 0 Å². The highest BCUT2D eigenvalue weighted by Gasteiger charge is 2.23. The number of nitrogen functional groups attached to an aromatic ring is 2. The molecule has 3 nitrogen and oxygen atoms in total. The number of aryl methyl sites for hydroxylation is 1. The van der Waals surface area contributed by atoms with E-state index in [9.17, 15) is 0 Å². The molecule has 1 rings (SSSR count). The Morgan fingerprint density at radius 3 is 2.19 bits per heavy atom. The van der Waals surface area contributed by atoms with E-state index in [-0.39, 0.29) is 12.0 Å². The standard InChI is InChI=1S/C13H22N2O/c1-8-7-9(5-6-16)10(13(2,3)4)12(15)11(8)14/h7,16H,5-6,14-15H2,1-4H3. The Kier molecular flexibility index (Phi) is 3.48. The third kappa shape index (κ3) is 2.30. The molecular formula is C13H22N2O. The van der Waals surface area contributed by atoms with Crippen molar-refractivity contribution in [2.45, 2.75) is 39.5 Å². The fraction of sp³-hybridized carbons (Fsp3) is 0.538. The highest BCUT2D eigenvalue weighted by molar-refractivity contribution is 5.74. The highest BCUT2D eigenvalue weighted by Crippen LogP contribution is 2.36. The number of rotatable bonds is 2. The summed E-state index contributed by atoms with van der Waals surface area (Å²) in [6, 6.07) is 2.03. The molecule has 0 spiro atoms. The Bertz CT molecular complexity index is 392. The lowest BCUT2D eigenvalue weighted by Crippen LogP contribution is -2.19. The Morgan fingerprint density at radius 1 is 1.19 bits per heavy atom. The summed E-state index contributed by atoms with van der Waals surface area (Å²) in [7, 11) is 0. The van der Waals surface area contributed by atoms with Crippen LogP contribution in [0.15, 0.2) is 6.07 Å². The van der Waals surface area contributed by atoms with E-state index < -0.39 is 0 Å². The van der Waals surface area contributed by atoms with Gasteiger partial charge in [-0.1, -0.05) is 26.8 Å². The largest absolute Gasteiger partial charge is 0.397 e. The summed E-state index contributed by atoms with van der Waals surface area (Å²) < 4.78 is 0. The zero-order chi connectivity index (χ0) is 12.5. The van der Waals surface area contributed by atoms with Gasteiger partial charge in [-0.05, 0) is 35.4 Å². The van der Waals surface area contributed by atoms with Gasteiger partial charge in [-0.3, -0.25) is 0 Å². The van der Waals surface area contributed by atoms with E-state index in [0.29, 0.717) is 17.8 Å². The number of benzene rings is 1. The molecule has 0 aromatic heterocycles. The first-order valence-corrected chi connectivity index (χ1v) is 5.57. The smallest absolute Gasteiger partial charge is 0.0591 e. The fourth-order valence-corrected chi connectivity index (χ4v) is 2.13. The van der Waals surface area contributed by atoms with Crippen LogP contribution in [0.25, 0.3) is 0 Å². The summed E-state index contributed by atoms with van der Waals surface area (Å²) in [4.78, 5) is 0. The molecule has 0 aliphatic carbocycles. The van der Waals surface area contributed by atoms with Crippen LogP contribution in [-0.2, 0) is 11.8 Å². The fourth-order valence-electron chi connectivity index (χ4n) is 2.13. The lowest BCUT2D eigenvalue weighted by molar-refractivity contribution is 0.298. The molecule has 0 amide bonds. The molecule has 0 radical (unpaired) electrons. The van der Waals surface area contributed by atoms with Crippen molar-refractivity contribution < 1.29 is 5.11 Å². The number of anilines is 2. The van der Waals surface area contributed by atoms with Gasteiger partial charge in [-0.15, -0.1) is 0 Å². The van der Waals surface area contributed by atoms with Crippen molar-refractivity contribution in [1.82, 2.24) is 0 Å². The minimum absolute atomic E-state index is 0.0591. The first-order chi connectivity index (χ1) is 7.29. The normalized spacial score (nSPS) is 11.8. The van der Waals surface area contributed by atoms with E-state index in [4.69, 9.17) is 16.6 Å². The molecule has 0 saturated heterocycles. The summed E-state index contributed by atoms with van der Waals surface area (Å²) in [6.45, 7) is 8.39. The van der Waals surface area contributed by atoms with Gasteiger partial charge in [0.2, 0.25) is 0 Å². The van der Waals surface area contributed by atoms with Crippen LogP contribution in [-0.4, -0.2) is 11.7 Å². The zero-order valence-corrected chi connectivity index (χ0v) is 10.6. The second kappa shape index (κ2) is 4.34. The summed E-state index contributed by atoms with van der Waals surface area (Å²) in [5.74, 6) is 0. The lowest BCUT2D eigenvalue weighted by Gasteiger charge is -2.26. The van der Waals surface area contributed by atoms with Crippen molar-refractivity contribution in [3.8, 4) is 0 Å². The minimum atomic E-state index is -0.0591. The molecule has 0 fully saturated rings. The van der Waals surface area contributed by atoms with Gasteiger partial charge in [-0.2, -0.15) is 0 Å². The van der Waals surface area contributed by atoms with Crippen LogP contribution < -0.4 is 11.5 Å². The van der Waals surface area contributed by atoms with Crippen molar-refractivity contribution in [2.75, 3.05) is 18.1 Å². The van der Waals surface area contributed by atoms with E-state index in [0.717, 1.165) is 16.7 Å². The van der Waals surface area contributed by atoms with E-state index in [1.165, 1.54) is 0 Å². The minimum Gasteiger partial charge on any atom is -0.397 e. The van der Waals surface area contributed by atoms with Gasteiger partial charge in [0, 0.05) is 6.61 Å². The second-order valence-corrected chi connectivity index (χ2v) is 5.28. The number of nitrogens with two attached hydrogens (primary N) is 2. The van der Waals surface area contributed by atoms with Crippen LogP contribution in [0, 0.1) is 6.92 Å². The number of aliphatic hydroxyl groups is 1. The average Bonchev–Trinajstić information content (AvgIpc) is 2.12. The van der Waals surface area contributed by atoms with Crippen molar-refractivity contribution in [3.05, 3.63) is 22.8 Å². The first-order valence-electron chi connectivity index (χ1n) is 5.57. The molecule has 0 saturated carbocycles. The Balaban J connectivity index is 3.48. The number of hydrogen-bond donors (Lipinski definition) is 3. The monoisotopic (exact) mass is 222 g/mol. The van der Waals surface area contributed by atoms with Crippen LogP contribution >= 0.6 is 0 Å². The maximum atomic E-state index is 9.09. The van der Waals surface area contributed by atoms with Crippen LogP contribution in [0.1, 0.15) is 37.5 Å². The summed E-state index contributed by atoms with van der Waals surface area (Å²) in [5.41, 5.74) is 16.5. The summed E-state index contributed by atoms with van der Waals surface area (Å²) in [6.07, 6.45) is 0.623. The average molecular weight is 222 g/mol. The van der Waals surface area contributed by atoms with E-state index >= 15 is 0 Å². The SMILES string of the molecule is Cc1cc(CCO)c(C(C)(C)C)c(N)c1N. The molecule has 3 heteroatoms. The second-order valence-electron chi connectivity index (χ2n) is 5.28. The van der Waals surface area contributed by atoms with Gasteiger partial charge in [0.1, 0.15) is 0 Å². The predicted molar refractivity (Wildman–Crippen MR) is 69.5 cm³/mol. The Labute approximate surface area is 97.5 Å². The van der Waals surface area contributed by atoms with Gasteiger partial charge in [-0.25, -0.2) is 0 Å². The molecule has 16 heavy (non-hydrogen) atoms. The molecule has 90 valence electrons. The van der Waals surface area contributed by atoms with Crippen molar-refractivity contribution >= 4 is 11.4 Å². The predicted octanol–water partition coefficient (Wildman–Crippen LogP) is 1.99. The Hall–Kier alpha value is -1.22. The number of hydrogen-bond acceptors (Lipinski definition) is 3. The van der Waals surface area contributed by atoms with Crippen LogP contribution in [0.2, 0.25) is 0 Å². The summed E-state index contributed by atoms with van der Waals surface area (Å²) in [5, 5.41) is 9.09. The highest BCUT2D eigenvalue weighted by atomic mass is 16.2. The molecule has 1 aromatic carbocycles. The lowest BCUT2D eigenvalue weighted by atomic mass is 9.80. The molecule has 1 aromatic rings. The topological polar surface area (TPSA) is 72.3 Å². The van der Waals surface area contributed by atoms with Crippen LogP contribution in [0.4, 0.5) is 11.4 Å². The zero-order valence-electron chi connectivity index (χ0n) is 10.6. The van der Waals surface area contributed by atoms with Crippen LogP contribution in [0.5, 0.6) is 0 Å². The van der Waals surface area contributed by atoms with Gasteiger partial charge in [0.05, 0.1) is 11.4 Å². The molecule has 0 aliphatic rings. The van der Waals surface area contributed by atoms with Gasteiger partial charge >= 0.3 is 0 Å². The quantitative estimate of drug-likeness (QED) is 0.670. The molecule has 0 unspecified atom stereocenters. The molecule has 0 atom stereocenters. The first kappa shape index (κ1) is 12.8. The molecule has 0 heterocycles. The summed E-state index contributed by atoms with van der Waals surface area (Å²) >= 11 is 0. The van der Waals surface area contributed by atoms with E-state index in [1.54, 1.807) is 0 Å². The Morgan fingerprint density at radius 2 is 1.75 bits per heavy atom. The third-order valence-corrected chi connectivity index (χ3v) is 2.83. The molecular weight excluding hydrogens is 200 g/mol. The van der Waals surface area contributed by atoms with Crippen molar-refractivity contribution in [3.63, 3.8) is 0 Å². The van der Waals surface area contributed by atoms with Crippen molar-refractivity contribution in [2.24, 2.45) is 0 Å². The van der Waals surface area contributed by atoms with E-state index in [1.807, 2.05) is 13.0 Å². The molecule has 0 bridgehead atoms. The maximum Gasteiger partial charge on any atom is 0.0591 e.